The van der Waals surface area contributed by atoms with Gasteiger partial charge in [0.1, 0.15) is 0 Å². The van der Waals surface area contributed by atoms with Gasteiger partial charge in [-0.15, -0.1) is 0 Å². The molecule has 0 aromatic rings. The molecule has 0 fully saturated rings. The lowest BCUT2D eigenvalue weighted by Crippen LogP contribution is -2.11. The van der Waals surface area contributed by atoms with Gasteiger partial charge in [-0.25, -0.2) is 0 Å². The predicted molar refractivity (Wildman–Crippen MR) is 85.9 cm³/mol. The largest absolute Gasteiger partial charge is 0.466 e. The Kier molecular flexibility index (Phi) is 19.9. The number of hydrogen-bond acceptors (Lipinski definition) is 6. The van der Waals surface area contributed by atoms with Gasteiger partial charge in [0.25, 0.3) is 0 Å². The van der Waals surface area contributed by atoms with Crippen molar-refractivity contribution in [1.82, 2.24) is 0 Å². The molecular weight excluding hydrogens is 284 g/mol. The molecule has 0 unspecified atom stereocenters. The molecule has 0 spiro atoms. The molecule has 19 heavy (non-hydrogen) atoms. The first-order valence-corrected chi connectivity index (χ1v) is 7.34. The lowest BCUT2D eigenvalue weighted by atomic mass is 10.3. The number of thiol groups is 1. The average Bonchev–Trinajstić information content (AvgIpc) is 2.16. The number of ether oxygens (including phenoxy) is 1. The summed E-state index contributed by atoms with van der Waals surface area (Å²) in [6, 6.07) is 0. The first-order chi connectivity index (χ1) is 8.33. The van der Waals surface area contributed by atoms with Gasteiger partial charge in [-0.3, -0.25) is 9.59 Å². The van der Waals surface area contributed by atoms with E-state index >= 15 is 0 Å². The highest BCUT2D eigenvalue weighted by Gasteiger charge is 2.11. The van der Waals surface area contributed by atoms with Gasteiger partial charge in [-0.05, 0) is 13.3 Å². The van der Waals surface area contributed by atoms with E-state index in [0.29, 0.717) is 18.3 Å². The highest BCUT2D eigenvalue weighted by molar-refractivity contribution is 8.14. The van der Waals surface area contributed by atoms with E-state index in [-0.39, 0.29) is 30.4 Å². The maximum Gasteiger partial charge on any atom is 0.306 e. The second-order valence-corrected chi connectivity index (χ2v) is 6.29. The number of thioether (sulfide) groups is 1. The summed E-state index contributed by atoms with van der Waals surface area (Å²) in [6.07, 6.45) is 1.10. The monoisotopic (exact) mass is 312 g/mol. The molecule has 0 aromatic heterocycles. The molecule has 116 valence electrons. The van der Waals surface area contributed by atoms with Gasteiger partial charge in [0.05, 0.1) is 13.0 Å². The van der Waals surface area contributed by atoms with Crippen molar-refractivity contribution in [2.75, 3.05) is 13.2 Å². The third-order valence-electron chi connectivity index (χ3n) is 1.67. The molecule has 0 aliphatic carbocycles. The van der Waals surface area contributed by atoms with E-state index in [9.17, 15) is 9.59 Å². The molecule has 0 rings (SSSR count). The van der Waals surface area contributed by atoms with Gasteiger partial charge in [0, 0.05) is 24.0 Å². The summed E-state index contributed by atoms with van der Waals surface area (Å²) in [5.74, 6) is -0.237. The molecule has 2 atom stereocenters. The topological polar surface area (TPSA) is 63.6 Å². The molecule has 6 heteroatoms. The molecule has 0 aromatic carbocycles. The fourth-order valence-corrected chi connectivity index (χ4v) is 1.87. The standard InChI is InChI=1S/C8H14O3S.C4H10OS.CH4/c1-4-11-8(10)5-6(2)12-7(3)9;1-4(6)2-3-5;/h6H,4-5H2,1-3H3;4-6H,2-3H2,1H3;1H4/t6-;4-;/m11./s1. The maximum atomic E-state index is 10.9. The van der Waals surface area contributed by atoms with Crippen LogP contribution in [0.2, 0.25) is 0 Å². The normalized spacial score (nSPS) is 12.3. The minimum atomic E-state index is -0.237. The van der Waals surface area contributed by atoms with Crippen LogP contribution in [0, 0.1) is 0 Å². The lowest BCUT2D eigenvalue weighted by molar-refractivity contribution is -0.142. The number of carbonyl (C=O) groups is 2. The second kappa shape index (κ2) is 15.9. The predicted octanol–water partition coefficient (Wildman–Crippen LogP) is 2.93. The Hall–Kier alpha value is -0.200. The number of carbonyl (C=O) groups excluding carboxylic acids is 2. The van der Waals surface area contributed by atoms with Gasteiger partial charge in [-0.1, -0.05) is 33.0 Å². The van der Waals surface area contributed by atoms with Crippen LogP contribution >= 0.6 is 24.4 Å². The Morgan fingerprint density at radius 3 is 2.16 bits per heavy atom. The van der Waals surface area contributed by atoms with Crippen LogP contribution in [0.4, 0.5) is 0 Å². The molecule has 4 nitrogen and oxygen atoms in total. The van der Waals surface area contributed by atoms with Crippen LogP contribution in [-0.4, -0.2) is 39.9 Å². The molecule has 0 aliphatic rings. The minimum Gasteiger partial charge on any atom is -0.466 e. The second-order valence-electron chi connectivity index (χ2n) is 3.79. The number of hydrogen-bond donors (Lipinski definition) is 2. The highest BCUT2D eigenvalue weighted by Crippen LogP contribution is 2.14. The molecule has 1 N–H and O–H groups in total. The zero-order valence-corrected chi connectivity index (χ0v) is 13.2. The number of rotatable bonds is 6. The van der Waals surface area contributed by atoms with Crippen LogP contribution in [-0.2, 0) is 14.3 Å². The van der Waals surface area contributed by atoms with Crippen molar-refractivity contribution in [3.8, 4) is 0 Å². The number of esters is 1. The van der Waals surface area contributed by atoms with E-state index in [4.69, 9.17) is 9.84 Å². The van der Waals surface area contributed by atoms with Crippen molar-refractivity contribution in [3.63, 3.8) is 0 Å². The zero-order chi connectivity index (χ0) is 14.6. The van der Waals surface area contributed by atoms with E-state index in [1.165, 1.54) is 18.7 Å². The van der Waals surface area contributed by atoms with Crippen LogP contribution in [0.5, 0.6) is 0 Å². The van der Waals surface area contributed by atoms with Crippen molar-refractivity contribution >= 4 is 35.5 Å². The highest BCUT2D eigenvalue weighted by atomic mass is 32.2. The van der Waals surface area contributed by atoms with Crippen LogP contribution in [0.25, 0.3) is 0 Å². The smallest absolute Gasteiger partial charge is 0.306 e. The van der Waals surface area contributed by atoms with E-state index in [1.807, 2.05) is 13.8 Å². The lowest BCUT2D eigenvalue weighted by Gasteiger charge is -2.06. The summed E-state index contributed by atoms with van der Waals surface area (Å²) >= 11 is 5.19. The summed E-state index contributed by atoms with van der Waals surface area (Å²) < 4.78 is 4.73. The third-order valence-corrected chi connectivity index (χ3v) is 2.83. The van der Waals surface area contributed by atoms with Gasteiger partial charge in [-0.2, -0.15) is 12.6 Å². The van der Waals surface area contributed by atoms with Crippen molar-refractivity contribution < 1.29 is 19.4 Å². The van der Waals surface area contributed by atoms with E-state index in [0.717, 1.165) is 6.42 Å². The molecule has 0 aliphatic heterocycles. The Morgan fingerprint density at radius 1 is 1.37 bits per heavy atom. The van der Waals surface area contributed by atoms with Gasteiger partial charge < -0.3 is 9.84 Å². The Labute approximate surface area is 127 Å². The van der Waals surface area contributed by atoms with E-state index in [1.54, 1.807) is 6.92 Å². The zero-order valence-electron chi connectivity index (χ0n) is 11.5. The molecule has 0 saturated carbocycles. The van der Waals surface area contributed by atoms with Crippen molar-refractivity contribution in [1.29, 1.82) is 0 Å². The molecule has 0 bridgehead atoms. The summed E-state index contributed by atoms with van der Waals surface area (Å²) in [5, 5.41) is 8.58. The summed E-state index contributed by atoms with van der Waals surface area (Å²) in [7, 11) is 0. The first-order valence-electron chi connectivity index (χ1n) is 5.95. The van der Waals surface area contributed by atoms with Crippen molar-refractivity contribution in [2.24, 2.45) is 0 Å². The molecular formula is C13H28O4S2. The number of aliphatic hydroxyl groups is 1. The maximum absolute atomic E-state index is 10.9. The van der Waals surface area contributed by atoms with Crippen LogP contribution in [0.1, 0.15) is 48.0 Å². The molecule has 0 saturated heterocycles. The molecule has 0 radical (unpaired) electrons. The number of aliphatic hydroxyl groups excluding tert-OH is 1. The molecule has 0 heterocycles. The van der Waals surface area contributed by atoms with Crippen LogP contribution in [0.3, 0.4) is 0 Å². The molecule has 0 amide bonds. The van der Waals surface area contributed by atoms with E-state index in [2.05, 4.69) is 12.6 Å². The van der Waals surface area contributed by atoms with E-state index < -0.39 is 0 Å². The van der Waals surface area contributed by atoms with Crippen LogP contribution < -0.4 is 0 Å². The fraction of sp³-hybridized carbons (Fsp3) is 0.846. The van der Waals surface area contributed by atoms with Gasteiger partial charge in [0.2, 0.25) is 0 Å². The Balaban J connectivity index is -0.000000313. The SMILES string of the molecule is C.CCOC(=O)C[C@@H](C)SC(C)=O.C[C@@H](S)CCO. The first kappa shape index (κ1) is 23.9. The Morgan fingerprint density at radius 2 is 1.89 bits per heavy atom. The summed E-state index contributed by atoms with van der Waals surface area (Å²) in [4.78, 5) is 21.5. The average molecular weight is 312 g/mol. The van der Waals surface area contributed by atoms with Crippen molar-refractivity contribution in [2.45, 2.75) is 58.5 Å². The quantitative estimate of drug-likeness (QED) is 0.583. The minimum absolute atomic E-state index is 0. The van der Waals surface area contributed by atoms with Crippen LogP contribution in [0.15, 0.2) is 0 Å². The summed E-state index contributed by atoms with van der Waals surface area (Å²) in [6.45, 7) is 7.70. The van der Waals surface area contributed by atoms with Crippen molar-refractivity contribution in [3.05, 3.63) is 0 Å². The van der Waals surface area contributed by atoms with Gasteiger partial charge in [0.15, 0.2) is 5.12 Å². The van der Waals surface area contributed by atoms with Gasteiger partial charge >= 0.3 is 5.97 Å². The third kappa shape index (κ3) is 23.3. The fourth-order valence-electron chi connectivity index (χ4n) is 0.966. The summed E-state index contributed by atoms with van der Waals surface area (Å²) in [5.41, 5.74) is 0. The Bertz CT molecular complexity index is 233.